The van der Waals surface area contributed by atoms with Crippen molar-refractivity contribution in [2.75, 3.05) is 39.5 Å². The van der Waals surface area contributed by atoms with Gasteiger partial charge in [0.1, 0.15) is 0 Å². The topological polar surface area (TPSA) is 76.1 Å². The minimum absolute atomic E-state index is 0.0909. The minimum atomic E-state index is -0.882. The van der Waals surface area contributed by atoms with E-state index in [1.165, 1.54) is 0 Å². The van der Waals surface area contributed by atoms with Crippen LogP contribution in [0.25, 0.3) is 0 Å². The van der Waals surface area contributed by atoms with E-state index in [-0.39, 0.29) is 11.8 Å². The van der Waals surface area contributed by atoms with Gasteiger partial charge >= 0.3 is 5.97 Å². The molecular formula is C13H23NO5. The van der Waals surface area contributed by atoms with Crippen LogP contribution in [0.15, 0.2) is 0 Å². The van der Waals surface area contributed by atoms with E-state index in [0.29, 0.717) is 45.9 Å². The third kappa shape index (κ3) is 5.16. The number of carbonyl (C=O) groups excluding carboxylic acids is 1. The molecular weight excluding hydrogens is 250 g/mol. The van der Waals surface area contributed by atoms with E-state index < -0.39 is 11.9 Å². The van der Waals surface area contributed by atoms with Crippen molar-refractivity contribution in [2.24, 2.45) is 11.8 Å². The lowest BCUT2D eigenvalue weighted by molar-refractivity contribution is -0.142. The summed E-state index contributed by atoms with van der Waals surface area (Å²) in [5.74, 6) is -1.84. The number of hydrogen-bond donors (Lipinski definition) is 1. The summed E-state index contributed by atoms with van der Waals surface area (Å²) < 4.78 is 10.5. The molecule has 1 aliphatic rings. The number of aliphatic carboxylic acids is 1. The van der Waals surface area contributed by atoms with Crippen molar-refractivity contribution in [3.63, 3.8) is 0 Å². The average molecular weight is 273 g/mol. The fourth-order valence-corrected chi connectivity index (χ4v) is 1.95. The molecule has 0 radical (unpaired) electrons. The Balaban J connectivity index is 2.42. The van der Waals surface area contributed by atoms with E-state index in [1.807, 2.05) is 13.8 Å². The fraction of sp³-hybridized carbons (Fsp3) is 0.846. The number of hydrogen-bond acceptors (Lipinski definition) is 4. The first kappa shape index (κ1) is 15.9. The second-order valence-corrected chi connectivity index (χ2v) is 4.51. The summed E-state index contributed by atoms with van der Waals surface area (Å²) in [5, 5.41) is 8.86. The van der Waals surface area contributed by atoms with Crippen LogP contribution in [0, 0.1) is 11.8 Å². The summed E-state index contributed by atoms with van der Waals surface area (Å²) >= 11 is 0. The highest BCUT2D eigenvalue weighted by atomic mass is 16.5. The van der Waals surface area contributed by atoms with Crippen LogP contribution >= 0.6 is 0 Å². The first-order valence-corrected chi connectivity index (χ1v) is 6.78. The van der Waals surface area contributed by atoms with E-state index in [0.717, 1.165) is 0 Å². The maximum atomic E-state index is 12.2. The number of rotatable bonds is 10. The first-order valence-electron chi connectivity index (χ1n) is 6.78. The SMILES string of the molecule is CCOCCN(CCOCC)C(=O)C1CC1C(=O)O. The molecule has 1 aliphatic carbocycles. The maximum Gasteiger partial charge on any atom is 0.307 e. The molecule has 0 spiro atoms. The lowest BCUT2D eigenvalue weighted by Gasteiger charge is -2.22. The number of nitrogens with zero attached hydrogens (tertiary/aromatic N) is 1. The molecule has 1 rings (SSSR count). The molecule has 0 heterocycles. The lowest BCUT2D eigenvalue weighted by Crippen LogP contribution is -2.38. The minimum Gasteiger partial charge on any atom is -0.481 e. The van der Waals surface area contributed by atoms with Crippen LogP contribution in [-0.4, -0.2) is 61.4 Å². The zero-order valence-corrected chi connectivity index (χ0v) is 11.6. The van der Waals surface area contributed by atoms with Crippen LogP contribution in [0.1, 0.15) is 20.3 Å². The third-order valence-corrected chi connectivity index (χ3v) is 3.16. The average Bonchev–Trinajstić information content (AvgIpc) is 3.17. The first-order chi connectivity index (χ1) is 9.11. The molecule has 110 valence electrons. The van der Waals surface area contributed by atoms with Crippen molar-refractivity contribution in [3.05, 3.63) is 0 Å². The summed E-state index contributed by atoms with van der Waals surface area (Å²) in [6.07, 6.45) is 0.452. The number of amides is 1. The molecule has 0 aromatic heterocycles. The highest BCUT2D eigenvalue weighted by Crippen LogP contribution is 2.40. The van der Waals surface area contributed by atoms with Gasteiger partial charge in [0.15, 0.2) is 0 Å². The number of carbonyl (C=O) groups is 2. The Kier molecular flexibility index (Phi) is 6.80. The van der Waals surface area contributed by atoms with Crippen LogP contribution in [-0.2, 0) is 19.1 Å². The van der Waals surface area contributed by atoms with E-state index in [2.05, 4.69) is 0 Å². The summed E-state index contributed by atoms with van der Waals surface area (Å²) in [7, 11) is 0. The predicted octanol–water partition coefficient (Wildman–Crippen LogP) is 0.609. The van der Waals surface area contributed by atoms with E-state index in [4.69, 9.17) is 14.6 Å². The van der Waals surface area contributed by atoms with Gasteiger partial charge in [0.05, 0.1) is 25.0 Å². The van der Waals surface area contributed by atoms with Gasteiger partial charge < -0.3 is 19.5 Å². The van der Waals surface area contributed by atoms with Gasteiger partial charge in [-0.05, 0) is 20.3 Å². The summed E-state index contributed by atoms with van der Waals surface area (Å²) in [5.41, 5.74) is 0. The van der Waals surface area contributed by atoms with Gasteiger partial charge in [0, 0.05) is 26.3 Å². The van der Waals surface area contributed by atoms with E-state index in [9.17, 15) is 9.59 Å². The van der Waals surface area contributed by atoms with Crippen molar-refractivity contribution in [3.8, 4) is 0 Å². The zero-order chi connectivity index (χ0) is 14.3. The largest absolute Gasteiger partial charge is 0.481 e. The Morgan fingerprint density at radius 2 is 1.63 bits per heavy atom. The second kappa shape index (κ2) is 8.12. The molecule has 0 bridgehead atoms. The molecule has 1 saturated carbocycles. The van der Waals surface area contributed by atoms with Crippen molar-refractivity contribution >= 4 is 11.9 Å². The molecule has 6 heteroatoms. The molecule has 0 saturated heterocycles. The molecule has 6 nitrogen and oxygen atoms in total. The van der Waals surface area contributed by atoms with Gasteiger partial charge in [0.25, 0.3) is 0 Å². The Morgan fingerprint density at radius 1 is 1.11 bits per heavy atom. The normalized spacial score (nSPS) is 21.2. The fourth-order valence-electron chi connectivity index (χ4n) is 1.95. The Labute approximate surface area is 113 Å². The van der Waals surface area contributed by atoms with E-state index >= 15 is 0 Å². The summed E-state index contributed by atoms with van der Waals surface area (Å²) in [6.45, 7) is 6.92. The quantitative estimate of drug-likeness (QED) is 0.590. The highest BCUT2D eigenvalue weighted by molar-refractivity contribution is 5.89. The van der Waals surface area contributed by atoms with Crippen molar-refractivity contribution in [2.45, 2.75) is 20.3 Å². The van der Waals surface area contributed by atoms with Crippen LogP contribution in [0.5, 0.6) is 0 Å². The van der Waals surface area contributed by atoms with Gasteiger partial charge in [-0.1, -0.05) is 0 Å². The van der Waals surface area contributed by atoms with Crippen LogP contribution in [0.3, 0.4) is 0 Å². The predicted molar refractivity (Wildman–Crippen MR) is 68.8 cm³/mol. The van der Waals surface area contributed by atoms with Crippen molar-refractivity contribution < 1.29 is 24.2 Å². The second-order valence-electron chi connectivity index (χ2n) is 4.51. The van der Waals surface area contributed by atoms with Crippen molar-refractivity contribution in [1.29, 1.82) is 0 Å². The Morgan fingerprint density at radius 3 is 2.00 bits per heavy atom. The summed E-state index contributed by atoms with van der Waals surface area (Å²) in [6, 6.07) is 0. The molecule has 2 unspecified atom stereocenters. The number of carboxylic acids is 1. The molecule has 0 aromatic rings. The smallest absolute Gasteiger partial charge is 0.307 e. The standard InChI is InChI=1S/C13H23NO5/c1-3-18-7-5-14(6-8-19-4-2)12(15)10-9-11(10)13(16)17/h10-11H,3-9H2,1-2H3,(H,16,17). The Hall–Kier alpha value is -1.14. The molecule has 0 aromatic carbocycles. The highest BCUT2D eigenvalue weighted by Gasteiger charge is 2.49. The van der Waals surface area contributed by atoms with Gasteiger partial charge in [0.2, 0.25) is 5.91 Å². The van der Waals surface area contributed by atoms with Crippen LogP contribution < -0.4 is 0 Å². The monoisotopic (exact) mass is 273 g/mol. The third-order valence-electron chi connectivity index (χ3n) is 3.16. The van der Waals surface area contributed by atoms with Gasteiger partial charge in [-0.3, -0.25) is 9.59 Å². The maximum absolute atomic E-state index is 12.2. The van der Waals surface area contributed by atoms with Gasteiger partial charge in [-0.2, -0.15) is 0 Å². The van der Waals surface area contributed by atoms with Crippen LogP contribution in [0.4, 0.5) is 0 Å². The summed E-state index contributed by atoms with van der Waals surface area (Å²) in [4.78, 5) is 24.6. The molecule has 1 fully saturated rings. The molecule has 0 aliphatic heterocycles. The van der Waals surface area contributed by atoms with Crippen LogP contribution in [0.2, 0.25) is 0 Å². The van der Waals surface area contributed by atoms with E-state index in [1.54, 1.807) is 4.90 Å². The molecule has 19 heavy (non-hydrogen) atoms. The van der Waals surface area contributed by atoms with Gasteiger partial charge in [-0.15, -0.1) is 0 Å². The number of carboxylic acid groups (broad SMARTS) is 1. The molecule has 1 N–H and O–H groups in total. The Bertz CT molecular complexity index is 297. The molecule has 1 amide bonds. The van der Waals surface area contributed by atoms with Gasteiger partial charge in [-0.25, -0.2) is 0 Å². The molecule has 2 atom stereocenters. The lowest BCUT2D eigenvalue weighted by atomic mass is 10.2. The number of ether oxygens (including phenoxy) is 2. The zero-order valence-electron chi connectivity index (χ0n) is 11.6. The van der Waals surface area contributed by atoms with Crippen molar-refractivity contribution in [1.82, 2.24) is 4.90 Å².